The van der Waals surface area contributed by atoms with Gasteiger partial charge in [-0.1, -0.05) is 25.8 Å². The molecule has 1 rings (SSSR count). The van der Waals surface area contributed by atoms with Crippen LogP contribution in [0, 0.1) is 6.92 Å². The van der Waals surface area contributed by atoms with Crippen LogP contribution in [-0.2, 0) is 11.3 Å². The van der Waals surface area contributed by atoms with E-state index in [1.165, 1.54) is 0 Å². The number of hydrogen-bond acceptors (Lipinski definition) is 3. The number of aliphatic carboxylic acids is 1. The number of unbranched alkanes of at least 4 members (excludes halogenated alkanes) is 1. The number of nitrogens with zero attached hydrogens (tertiary/aromatic N) is 1. The second-order valence-electron chi connectivity index (χ2n) is 4.18. The molecular formula is C13H20N2O2. The molecule has 94 valence electrons. The molecule has 0 spiro atoms. The van der Waals surface area contributed by atoms with Crippen molar-refractivity contribution in [3.8, 4) is 0 Å². The van der Waals surface area contributed by atoms with E-state index in [9.17, 15) is 4.79 Å². The number of aryl methyl sites for hydroxylation is 1. The molecule has 0 aliphatic heterocycles. The number of hydrogen-bond donors (Lipinski definition) is 2. The molecule has 0 aliphatic rings. The maximum atomic E-state index is 11.0. The van der Waals surface area contributed by atoms with Crippen LogP contribution in [0.5, 0.6) is 0 Å². The molecule has 0 saturated carbocycles. The smallest absolute Gasteiger partial charge is 0.320 e. The molecular weight excluding hydrogens is 216 g/mol. The van der Waals surface area contributed by atoms with Gasteiger partial charge in [-0.2, -0.15) is 0 Å². The molecule has 1 unspecified atom stereocenters. The zero-order valence-electron chi connectivity index (χ0n) is 10.4. The monoisotopic (exact) mass is 236 g/mol. The summed E-state index contributed by atoms with van der Waals surface area (Å²) in [6.07, 6.45) is 2.59. The molecule has 0 saturated heterocycles. The van der Waals surface area contributed by atoms with Crippen molar-refractivity contribution >= 4 is 5.97 Å². The summed E-state index contributed by atoms with van der Waals surface area (Å²) in [7, 11) is 0. The highest BCUT2D eigenvalue weighted by molar-refractivity contribution is 5.73. The lowest BCUT2D eigenvalue weighted by atomic mass is 10.1. The van der Waals surface area contributed by atoms with Crippen molar-refractivity contribution in [2.75, 3.05) is 0 Å². The number of aromatic nitrogens is 1. The summed E-state index contributed by atoms with van der Waals surface area (Å²) in [5.41, 5.74) is 1.83. The van der Waals surface area contributed by atoms with Gasteiger partial charge in [-0.05, 0) is 25.5 Å². The minimum atomic E-state index is -0.786. The van der Waals surface area contributed by atoms with Crippen molar-refractivity contribution in [3.63, 3.8) is 0 Å². The van der Waals surface area contributed by atoms with Gasteiger partial charge < -0.3 is 5.11 Å². The van der Waals surface area contributed by atoms with Crippen LogP contribution in [0.3, 0.4) is 0 Å². The van der Waals surface area contributed by atoms with E-state index < -0.39 is 12.0 Å². The van der Waals surface area contributed by atoms with E-state index in [4.69, 9.17) is 5.11 Å². The first kappa shape index (κ1) is 13.6. The third-order valence-corrected chi connectivity index (χ3v) is 2.62. The van der Waals surface area contributed by atoms with Crippen LogP contribution in [0.4, 0.5) is 0 Å². The molecule has 0 bridgehead atoms. The van der Waals surface area contributed by atoms with Gasteiger partial charge in [0.2, 0.25) is 0 Å². The maximum absolute atomic E-state index is 11.0. The Morgan fingerprint density at radius 2 is 2.29 bits per heavy atom. The lowest BCUT2D eigenvalue weighted by Gasteiger charge is -2.13. The Kier molecular flexibility index (Phi) is 5.63. The minimum Gasteiger partial charge on any atom is -0.480 e. The normalized spacial score (nSPS) is 12.4. The molecule has 0 radical (unpaired) electrons. The summed E-state index contributed by atoms with van der Waals surface area (Å²) in [4.78, 5) is 15.3. The average Bonchev–Trinajstić information content (AvgIpc) is 2.28. The Morgan fingerprint density at radius 3 is 2.88 bits per heavy atom. The van der Waals surface area contributed by atoms with Gasteiger partial charge in [-0.25, -0.2) is 0 Å². The van der Waals surface area contributed by atoms with Gasteiger partial charge in [0.25, 0.3) is 0 Å². The molecule has 0 fully saturated rings. The first-order valence-corrected chi connectivity index (χ1v) is 6.02. The van der Waals surface area contributed by atoms with E-state index in [0.717, 1.165) is 24.2 Å². The van der Waals surface area contributed by atoms with E-state index in [-0.39, 0.29) is 0 Å². The van der Waals surface area contributed by atoms with E-state index in [1.807, 2.05) is 25.1 Å². The van der Waals surface area contributed by atoms with Gasteiger partial charge in [-0.15, -0.1) is 0 Å². The Labute approximate surface area is 102 Å². The van der Waals surface area contributed by atoms with Crippen LogP contribution < -0.4 is 5.32 Å². The summed E-state index contributed by atoms with van der Waals surface area (Å²) in [6.45, 7) is 4.48. The third kappa shape index (κ3) is 4.95. The van der Waals surface area contributed by atoms with Crippen LogP contribution >= 0.6 is 0 Å². The first-order chi connectivity index (χ1) is 8.13. The van der Waals surface area contributed by atoms with Crippen molar-refractivity contribution in [2.24, 2.45) is 0 Å². The Hall–Kier alpha value is -1.42. The molecule has 17 heavy (non-hydrogen) atoms. The second-order valence-corrected chi connectivity index (χ2v) is 4.18. The Balaban J connectivity index is 2.48. The molecule has 0 amide bonds. The van der Waals surface area contributed by atoms with Crippen molar-refractivity contribution in [1.29, 1.82) is 0 Å². The van der Waals surface area contributed by atoms with Crippen LogP contribution in [0.15, 0.2) is 18.2 Å². The van der Waals surface area contributed by atoms with Crippen LogP contribution in [0.1, 0.15) is 37.6 Å². The molecule has 2 N–H and O–H groups in total. The standard InChI is InChI=1S/C13H20N2O2/c1-3-4-8-12(13(16)17)14-9-11-7-5-6-10(2)15-11/h5-7,12,14H,3-4,8-9H2,1-2H3,(H,16,17). The number of pyridine rings is 1. The van der Waals surface area contributed by atoms with Gasteiger partial charge >= 0.3 is 5.97 Å². The minimum absolute atomic E-state index is 0.475. The van der Waals surface area contributed by atoms with Crippen molar-refractivity contribution in [2.45, 2.75) is 45.7 Å². The van der Waals surface area contributed by atoms with Crippen molar-refractivity contribution in [3.05, 3.63) is 29.6 Å². The van der Waals surface area contributed by atoms with Gasteiger partial charge in [0.1, 0.15) is 6.04 Å². The fourth-order valence-corrected chi connectivity index (χ4v) is 1.65. The lowest BCUT2D eigenvalue weighted by molar-refractivity contribution is -0.139. The Morgan fingerprint density at radius 1 is 1.53 bits per heavy atom. The summed E-state index contributed by atoms with van der Waals surface area (Å²) < 4.78 is 0. The van der Waals surface area contributed by atoms with Crippen molar-refractivity contribution in [1.82, 2.24) is 10.3 Å². The molecule has 0 aliphatic carbocycles. The summed E-state index contributed by atoms with van der Waals surface area (Å²) in [5.74, 6) is -0.786. The molecule has 1 atom stereocenters. The average molecular weight is 236 g/mol. The molecule has 1 aromatic heterocycles. The third-order valence-electron chi connectivity index (χ3n) is 2.62. The van der Waals surface area contributed by atoms with Crippen molar-refractivity contribution < 1.29 is 9.90 Å². The van der Waals surface area contributed by atoms with E-state index in [1.54, 1.807) is 0 Å². The molecule has 4 heteroatoms. The predicted octanol–water partition coefficient (Wildman–Crippen LogP) is 2.12. The number of carboxylic acids is 1. The number of rotatable bonds is 7. The molecule has 0 aromatic carbocycles. The van der Waals surface area contributed by atoms with Gasteiger partial charge in [0, 0.05) is 12.2 Å². The summed E-state index contributed by atoms with van der Waals surface area (Å²) >= 11 is 0. The van der Waals surface area contributed by atoms with Crippen LogP contribution in [-0.4, -0.2) is 22.1 Å². The number of carboxylic acid groups (broad SMARTS) is 1. The van der Waals surface area contributed by atoms with Gasteiger partial charge in [0.15, 0.2) is 0 Å². The summed E-state index contributed by atoms with van der Waals surface area (Å²) in [6, 6.07) is 5.28. The second kappa shape index (κ2) is 7.01. The zero-order valence-corrected chi connectivity index (χ0v) is 10.4. The highest BCUT2D eigenvalue weighted by Gasteiger charge is 2.15. The Bertz CT molecular complexity index is 366. The summed E-state index contributed by atoms with van der Waals surface area (Å²) in [5, 5.41) is 12.1. The van der Waals surface area contributed by atoms with E-state index in [2.05, 4.69) is 17.2 Å². The first-order valence-electron chi connectivity index (χ1n) is 6.02. The highest BCUT2D eigenvalue weighted by Crippen LogP contribution is 2.03. The lowest BCUT2D eigenvalue weighted by Crippen LogP contribution is -2.36. The topological polar surface area (TPSA) is 62.2 Å². The quantitative estimate of drug-likeness (QED) is 0.761. The fraction of sp³-hybridized carbons (Fsp3) is 0.538. The van der Waals surface area contributed by atoms with Gasteiger partial charge in [-0.3, -0.25) is 15.1 Å². The highest BCUT2D eigenvalue weighted by atomic mass is 16.4. The zero-order chi connectivity index (χ0) is 12.7. The fourth-order valence-electron chi connectivity index (χ4n) is 1.65. The molecule has 1 heterocycles. The number of nitrogens with one attached hydrogen (secondary N) is 1. The number of carbonyl (C=O) groups is 1. The van der Waals surface area contributed by atoms with Gasteiger partial charge in [0.05, 0.1) is 5.69 Å². The largest absolute Gasteiger partial charge is 0.480 e. The van der Waals surface area contributed by atoms with E-state index >= 15 is 0 Å². The van der Waals surface area contributed by atoms with Crippen LogP contribution in [0.2, 0.25) is 0 Å². The molecule has 1 aromatic rings. The maximum Gasteiger partial charge on any atom is 0.320 e. The van der Waals surface area contributed by atoms with E-state index in [0.29, 0.717) is 13.0 Å². The molecule has 4 nitrogen and oxygen atoms in total. The SMILES string of the molecule is CCCCC(NCc1cccc(C)n1)C(=O)O. The predicted molar refractivity (Wildman–Crippen MR) is 66.8 cm³/mol. The van der Waals surface area contributed by atoms with Crippen LogP contribution in [0.25, 0.3) is 0 Å².